The van der Waals surface area contributed by atoms with Gasteiger partial charge in [-0.05, 0) is 33.3 Å². The number of hydrogen-bond donors (Lipinski definition) is 1. The summed E-state index contributed by atoms with van der Waals surface area (Å²) in [6, 6.07) is 6.03. The lowest BCUT2D eigenvalue weighted by Crippen LogP contribution is -2.35. The van der Waals surface area contributed by atoms with Gasteiger partial charge in [-0.2, -0.15) is 0 Å². The number of carbonyl (C=O) groups is 1. The van der Waals surface area contributed by atoms with Crippen molar-refractivity contribution in [2.75, 3.05) is 6.61 Å². The van der Waals surface area contributed by atoms with E-state index in [-0.39, 0.29) is 11.5 Å². The van der Waals surface area contributed by atoms with E-state index in [1.807, 2.05) is 25.1 Å². The molecule has 20 heavy (non-hydrogen) atoms. The fourth-order valence-electron chi connectivity index (χ4n) is 2.11. The van der Waals surface area contributed by atoms with Crippen LogP contribution in [0.4, 0.5) is 0 Å². The first-order valence-electron chi connectivity index (χ1n) is 7.03. The van der Waals surface area contributed by atoms with Gasteiger partial charge in [-0.15, -0.1) is 0 Å². The van der Waals surface area contributed by atoms with Crippen molar-refractivity contribution >= 4 is 5.97 Å². The maximum absolute atomic E-state index is 11.6. The van der Waals surface area contributed by atoms with Crippen molar-refractivity contribution in [3.63, 3.8) is 0 Å². The van der Waals surface area contributed by atoms with Crippen LogP contribution in [0.15, 0.2) is 18.2 Å². The zero-order valence-corrected chi connectivity index (χ0v) is 12.7. The monoisotopic (exact) mass is 277 g/mol. The van der Waals surface area contributed by atoms with Crippen molar-refractivity contribution in [1.29, 1.82) is 0 Å². The maximum atomic E-state index is 11.6. The Kier molecular flexibility index (Phi) is 4.33. The van der Waals surface area contributed by atoms with Gasteiger partial charge in [-0.25, -0.2) is 4.79 Å². The molecule has 0 bridgehead atoms. The van der Waals surface area contributed by atoms with Gasteiger partial charge in [0.25, 0.3) is 0 Å². The molecule has 1 aromatic carbocycles. The largest absolute Gasteiger partial charge is 0.478 e. The Bertz CT molecular complexity index is 491. The average molecular weight is 277 g/mol. The molecule has 1 N–H and O–H groups in total. The highest BCUT2D eigenvalue weighted by molar-refractivity contribution is 5.77. The molecule has 1 unspecified atom stereocenters. The van der Waals surface area contributed by atoms with Gasteiger partial charge in [0.05, 0.1) is 6.61 Å². The molecule has 0 radical (unpaired) electrons. The van der Waals surface area contributed by atoms with Crippen LogP contribution < -0.4 is 10.1 Å². The molecule has 110 valence electrons. The highest BCUT2D eigenvalue weighted by Gasteiger charge is 2.29. The van der Waals surface area contributed by atoms with Crippen LogP contribution in [0.5, 0.6) is 5.75 Å². The summed E-state index contributed by atoms with van der Waals surface area (Å²) < 4.78 is 10.9. The SMILES string of the molecule is Cc1cccc(CNC(C)(C)C)c1OC1CCOC1=O. The normalized spacial score (nSPS) is 19.0. The molecule has 0 aliphatic carbocycles. The number of esters is 1. The number of rotatable bonds is 4. The number of carbonyl (C=O) groups excluding carboxylic acids is 1. The summed E-state index contributed by atoms with van der Waals surface area (Å²) in [4.78, 5) is 11.6. The quantitative estimate of drug-likeness (QED) is 0.859. The molecule has 1 fully saturated rings. The van der Waals surface area contributed by atoms with Gasteiger partial charge in [0.1, 0.15) is 5.75 Å². The van der Waals surface area contributed by atoms with E-state index < -0.39 is 6.10 Å². The molecule has 2 rings (SSSR count). The molecular formula is C16H23NO3. The maximum Gasteiger partial charge on any atom is 0.347 e. The van der Waals surface area contributed by atoms with Crippen molar-refractivity contribution in [3.8, 4) is 5.75 Å². The summed E-state index contributed by atoms with van der Waals surface area (Å²) in [7, 11) is 0. The van der Waals surface area contributed by atoms with Crippen LogP contribution in [0.3, 0.4) is 0 Å². The number of hydrogen-bond acceptors (Lipinski definition) is 4. The number of aryl methyl sites for hydroxylation is 1. The van der Waals surface area contributed by atoms with Crippen molar-refractivity contribution in [3.05, 3.63) is 29.3 Å². The predicted molar refractivity (Wildman–Crippen MR) is 77.8 cm³/mol. The summed E-state index contributed by atoms with van der Waals surface area (Å²) in [5.41, 5.74) is 2.14. The minimum atomic E-state index is -0.468. The Morgan fingerprint density at radius 1 is 1.40 bits per heavy atom. The summed E-state index contributed by atoms with van der Waals surface area (Å²) in [5, 5.41) is 3.45. The van der Waals surface area contributed by atoms with Crippen molar-refractivity contribution < 1.29 is 14.3 Å². The molecule has 1 aromatic rings. The van der Waals surface area contributed by atoms with Crippen LogP contribution in [0, 0.1) is 6.92 Å². The minimum Gasteiger partial charge on any atom is -0.478 e. The topological polar surface area (TPSA) is 47.6 Å². The molecule has 1 saturated heterocycles. The van der Waals surface area contributed by atoms with E-state index in [1.54, 1.807) is 0 Å². The Morgan fingerprint density at radius 3 is 2.75 bits per heavy atom. The number of para-hydroxylation sites is 1. The molecule has 0 aromatic heterocycles. The summed E-state index contributed by atoms with van der Waals surface area (Å²) >= 11 is 0. The summed E-state index contributed by atoms with van der Waals surface area (Å²) in [6.45, 7) is 9.52. The minimum absolute atomic E-state index is 0.0350. The van der Waals surface area contributed by atoms with Crippen LogP contribution in [-0.4, -0.2) is 24.2 Å². The van der Waals surface area contributed by atoms with E-state index >= 15 is 0 Å². The van der Waals surface area contributed by atoms with Crippen molar-refractivity contribution in [1.82, 2.24) is 5.32 Å². The third kappa shape index (κ3) is 3.73. The van der Waals surface area contributed by atoms with Crippen LogP contribution in [0.25, 0.3) is 0 Å². The molecule has 1 heterocycles. The summed E-state index contributed by atoms with van der Waals surface area (Å²) in [6.07, 6.45) is 0.156. The summed E-state index contributed by atoms with van der Waals surface area (Å²) in [5.74, 6) is 0.538. The lowest BCUT2D eigenvalue weighted by atomic mass is 10.1. The van der Waals surface area contributed by atoms with Crippen LogP contribution in [-0.2, 0) is 16.1 Å². The van der Waals surface area contributed by atoms with Crippen molar-refractivity contribution in [2.24, 2.45) is 0 Å². The molecular weight excluding hydrogens is 254 g/mol. The molecule has 0 amide bonds. The highest BCUT2D eigenvalue weighted by atomic mass is 16.6. The van der Waals surface area contributed by atoms with Gasteiger partial charge >= 0.3 is 5.97 Å². The zero-order valence-electron chi connectivity index (χ0n) is 12.7. The Balaban J connectivity index is 2.15. The standard InChI is InChI=1S/C16H23NO3/c1-11-6-5-7-12(10-17-16(2,3)4)14(11)20-13-8-9-19-15(13)18/h5-7,13,17H,8-10H2,1-4H3. The zero-order chi connectivity index (χ0) is 14.8. The number of ether oxygens (including phenoxy) is 2. The lowest BCUT2D eigenvalue weighted by molar-refractivity contribution is -0.143. The molecule has 0 saturated carbocycles. The highest BCUT2D eigenvalue weighted by Crippen LogP contribution is 2.27. The van der Waals surface area contributed by atoms with Crippen LogP contribution in [0.2, 0.25) is 0 Å². The number of cyclic esters (lactones) is 1. The van der Waals surface area contributed by atoms with Crippen LogP contribution >= 0.6 is 0 Å². The van der Waals surface area contributed by atoms with Gasteiger partial charge in [-0.1, -0.05) is 18.2 Å². The first-order chi connectivity index (χ1) is 9.37. The molecule has 4 nitrogen and oxygen atoms in total. The van der Waals surface area contributed by atoms with E-state index in [1.165, 1.54) is 0 Å². The first kappa shape index (κ1) is 14.9. The van der Waals surface area contributed by atoms with Gasteiger partial charge in [0, 0.05) is 24.1 Å². The molecule has 4 heteroatoms. The second-order valence-electron chi connectivity index (χ2n) is 6.23. The number of nitrogens with one attached hydrogen (secondary N) is 1. The smallest absolute Gasteiger partial charge is 0.347 e. The fraction of sp³-hybridized carbons (Fsp3) is 0.562. The van der Waals surface area contributed by atoms with E-state index in [0.717, 1.165) is 16.9 Å². The van der Waals surface area contributed by atoms with E-state index in [4.69, 9.17) is 9.47 Å². The lowest BCUT2D eigenvalue weighted by Gasteiger charge is -2.23. The van der Waals surface area contributed by atoms with Gasteiger partial charge < -0.3 is 14.8 Å². The van der Waals surface area contributed by atoms with Gasteiger partial charge in [-0.3, -0.25) is 0 Å². The van der Waals surface area contributed by atoms with Gasteiger partial charge in [0.15, 0.2) is 6.10 Å². The molecule has 0 spiro atoms. The van der Waals surface area contributed by atoms with E-state index in [9.17, 15) is 4.79 Å². The second-order valence-corrected chi connectivity index (χ2v) is 6.23. The van der Waals surface area contributed by atoms with Gasteiger partial charge in [0.2, 0.25) is 0 Å². The van der Waals surface area contributed by atoms with E-state index in [0.29, 0.717) is 19.6 Å². The molecule has 1 aliphatic rings. The fourth-order valence-corrected chi connectivity index (χ4v) is 2.11. The number of benzene rings is 1. The average Bonchev–Trinajstić information content (AvgIpc) is 2.75. The Labute approximate surface area is 120 Å². The Hall–Kier alpha value is -1.55. The van der Waals surface area contributed by atoms with E-state index in [2.05, 4.69) is 26.1 Å². The first-order valence-corrected chi connectivity index (χ1v) is 7.03. The third-order valence-electron chi connectivity index (χ3n) is 3.25. The third-order valence-corrected chi connectivity index (χ3v) is 3.25. The molecule has 1 aliphatic heterocycles. The second kappa shape index (κ2) is 5.83. The van der Waals surface area contributed by atoms with Crippen LogP contribution in [0.1, 0.15) is 38.3 Å². The molecule has 1 atom stereocenters. The van der Waals surface area contributed by atoms with Crippen molar-refractivity contribution in [2.45, 2.75) is 52.3 Å². The predicted octanol–water partition coefficient (Wildman–Crippen LogP) is 2.58. The Morgan fingerprint density at radius 2 is 2.15 bits per heavy atom.